The topological polar surface area (TPSA) is 58.4 Å². The third-order valence-corrected chi connectivity index (χ3v) is 3.99. The second-order valence-electron chi connectivity index (χ2n) is 5.60. The minimum absolute atomic E-state index is 0.140. The third-order valence-electron chi connectivity index (χ3n) is 3.99. The van der Waals surface area contributed by atoms with E-state index < -0.39 is 0 Å². The molecule has 1 amide bonds. The number of nitrogens with zero attached hydrogens (tertiary/aromatic N) is 1. The van der Waals surface area contributed by atoms with Gasteiger partial charge in [-0.05, 0) is 37.9 Å². The van der Waals surface area contributed by atoms with E-state index in [9.17, 15) is 9.18 Å². The second kappa shape index (κ2) is 7.41. The van der Waals surface area contributed by atoms with Crippen molar-refractivity contribution in [3.63, 3.8) is 0 Å². The molecule has 1 fully saturated rings. The van der Waals surface area contributed by atoms with Gasteiger partial charge >= 0.3 is 0 Å². The van der Waals surface area contributed by atoms with Crippen LogP contribution in [0.4, 0.5) is 10.1 Å². The van der Waals surface area contributed by atoms with Gasteiger partial charge in [0.2, 0.25) is 5.91 Å². The van der Waals surface area contributed by atoms with Gasteiger partial charge < -0.3 is 16.0 Å². The number of halogens is 1. The Hall–Kier alpha value is -1.62. The van der Waals surface area contributed by atoms with Gasteiger partial charge in [-0.1, -0.05) is 13.0 Å². The average Bonchev–Trinajstić information content (AvgIpc) is 2.49. The van der Waals surface area contributed by atoms with E-state index in [1.54, 1.807) is 6.07 Å². The van der Waals surface area contributed by atoms with E-state index in [1.807, 2.05) is 6.07 Å². The predicted molar refractivity (Wildman–Crippen MR) is 82.5 cm³/mol. The van der Waals surface area contributed by atoms with Gasteiger partial charge in [-0.3, -0.25) is 4.79 Å². The highest BCUT2D eigenvalue weighted by atomic mass is 19.1. The Morgan fingerprint density at radius 3 is 3.05 bits per heavy atom. The number of primary amides is 1. The lowest BCUT2D eigenvalue weighted by molar-refractivity contribution is -0.122. The van der Waals surface area contributed by atoms with E-state index in [0.29, 0.717) is 18.7 Å². The summed E-state index contributed by atoms with van der Waals surface area (Å²) in [5, 5.41) is 3.25. The summed E-state index contributed by atoms with van der Waals surface area (Å²) in [6.45, 7) is 4.87. The van der Waals surface area contributed by atoms with Crippen molar-refractivity contribution in [1.82, 2.24) is 5.32 Å². The number of nitrogens with one attached hydrogen (secondary N) is 1. The number of amides is 1. The van der Waals surface area contributed by atoms with Crippen LogP contribution in [0.25, 0.3) is 0 Å². The smallest absolute Gasteiger partial charge is 0.222 e. The third kappa shape index (κ3) is 3.94. The van der Waals surface area contributed by atoms with Gasteiger partial charge in [0, 0.05) is 30.9 Å². The van der Waals surface area contributed by atoms with Crippen LogP contribution in [0.3, 0.4) is 0 Å². The lowest BCUT2D eigenvalue weighted by atomic mass is 9.96. The van der Waals surface area contributed by atoms with E-state index >= 15 is 0 Å². The number of rotatable bonds is 6. The molecule has 2 rings (SSSR count). The van der Waals surface area contributed by atoms with Crippen molar-refractivity contribution in [2.24, 2.45) is 11.7 Å². The van der Waals surface area contributed by atoms with Crippen LogP contribution >= 0.6 is 0 Å². The number of carbonyl (C=O) groups excluding carboxylic acids is 1. The Bertz CT molecular complexity index is 492. The van der Waals surface area contributed by atoms with Crippen molar-refractivity contribution in [3.8, 4) is 0 Å². The molecule has 0 bridgehead atoms. The summed E-state index contributed by atoms with van der Waals surface area (Å²) in [6.07, 6.45) is 2.74. The van der Waals surface area contributed by atoms with Gasteiger partial charge in [-0.2, -0.15) is 0 Å². The summed E-state index contributed by atoms with van der Waals surface area (Å²) >= 11 is 0. The zero-order valence-corrected chi connectivity index (χ0v) is 12.6. The number of nitrogens with two attached hydrogens (primary N) is 1. The molecule has 0 spiro atoms. The molecule has 1 unspecified atom stereocenters. The highest BCUT2D eigenvalue weighted by Crippen LogP contribution is 2.28. The summed E-state index contributed by atoms with van der Waals surface area (Å²) in [4.78, 5) is 13.5. The summed E-state index contributed by atoms with van der Waals surface area (Å²) in [5.74, 6) is -0.600. The fourth-order valence-electron chi connectivity index (χ4n) is 2.84. The molecule has 3 N–H and O–H groups in total. The first-order valence-corrected chi connectivity index (χ1v) is 7.65. The van der Waals surface area contributed by atoms with Crippen LogP contribution in [0.1, 0.15) is 31.7 Å². The molecular formula is C16H24FN3O. The molecule has 1 atom stereocenters. The molecule has 0 aliphatic carbocycles. The van der Waals surface area contributed by atoms with Crippen molar-refractivity contribution in [2.45, 2.75) is 32.7 Å². The van der Waals surface area contributed by atoms with Crippen LogP contribution < -0.4 is 16.0 Å². The van der Waals surface area contributed by atoms with Crippen LogP contribution in [0.15, 0.2) is 18.2 Å². The summed E-state index contributed by atoms with van der Waals surface area (Å²) in [5.41, 5.74) is 6.98. The number of hydrogen-bond donors (Lipinski definition) is 2. The molecule has 0 aromatic heterocycles. The van der Waals surface area contributed by atoms with Crippen molar-refractivity contribution in [3.05, 3.63) is 29.6 Å². The van der Waals surface area contributed by atoms with Gasteiger partial charge in [0.1, 0.15) is 5.82 Å². The predicted octanol–water partition coefficient (Wildman–Crippen LogP) is 2.03. The summed E-state index contributed by atoms with van der Waals surface area (Å²) < 4.78 is 14.1. The van der Waals surface area contributed by atoms with E-state index in [4.69, 9.17) is 5.73 Å². The minimum atomic E-state index is -0.262. The van der Waals surface area contributed by atoms with E-state index in [2.05, 4.69) is 17.1 Å². The first kappa shape index (κ1) is 15.8. The van der Waals surface area contributed by atoms with Crippen molar-refractivity contribution >= 4 is 11.6 Å². The average molecular weight is 293 g/mol. The lowest BCUT2D eigenvalue weighted by Crippen LogP contribution is -2.41. The van der Waals surface area contributed by atoms with E-state index in [-0.39, 0.29) is 17.6 Å². The first-order valence-electron chi connectivity index (χ1n) is 7.65. The first-order chi connectivity index (χ1) is 10.1. The standard InChI is InChI=1S/C16H24FN3O/c1-2-8-19-10-13-14(17)6-3-7-15(13)20-9-4-5-12(11-20)16(18)21/h3,6-7,12,19H,2,4-5,8-11H2,1H3,(H2,18,21). The number of hydrogen-bond acceptors (Lipinski definition) is 3. The Balaban J connectivity index is 2.17. The van der Waals surface area contributed by atoms with E-state index in [1.165, 1.54) is 6.07 Å². The SMILES string of the molecule is CCCNCc1c(F)cccc1N1CCCC(C(N)=O)C1. The Morgan fingerprint density at radius 2 is 2.33 bits per heavy atom. The normalized spacial score (nSPS) is 18.8. The molecule has 21 heavy (non-hydrogen) atoms. The number of anilines is 1. The molecule has 116 valence electrons. The molecule has 5 heteroatoms. The maximum absolute atomic E-state index is 14.1. The number of piperidine rings is 1. The molecule has 0 radical (unpaired) electrons. The largest absolute Gasteiger partial charge is 0.370 e. The minimum Gasteiger partial charge on any atom is -0.370 e. The molecular weight excluding hydrogens is 269 g/mol. The van der Waals surface area contributed by atoms with Crippen LogP contribution in [0.5, 0.6) is 0 Å². The van der Waals surface area contributed by atoms with Gasteiger partial charge in [0.25, 0.3) is 0 Å². The van der Waals surface area contributed by atoms with Crippen LogP contribution in [0.2, 0.25) is 0 Å². The molecule has 1 aliphatic rings. The maximum atomic E-state index is 14.1. The number of benzene rings is 1. The Labute approximate surface area is 125 Å². The van der Waals surface area contributed by atoms with Gasteiger partial charge in [0.05, 0.1) is 5.92 Å². The molecule has 1 heterocycles. The summed E-state index contributed by atoms with van der Waals surface area (Å²) in [6, 6.07) is 5.14. The maximum Gasteiger partial charge on any atom is 0.222 e. The van der Waals surface area contributed by atoms with Crippen LogP contribution in [0, 0.1) is 11.7 Å². The monoisotopic (exact) mass is 293 g/mol. The van der Waals surface area contributed by atoms with Gasteiger partial charge in [-0.15, -0.1) is 0 Å². The van der Waals surface area contributed by atoms with Gasteiger partial charge in [-0.25, -0.2) is 4.39 Å². The fourth-order valence-corrected chi connectivity index (χ4v) is 2.84. The Morgan fingerprint density at radius 1 is 1.52 bits per heavy atom. The summed E-state index contributed by atoms with van der Waals surface area (Å²) in [7, 11) is 0. The molecule has 1 aromatic carbocycles. The van der Waals surface area contributed by atoms with Crippen molar-refractivity contribution < 1.29 is 9.18 Å². The molecule has 1 saturated heterocycles. The Kier molecular flexibility index (Phi) is 5.56. The van der Waals surface area contributed by atoms with Crippen molar-refractivity contribution in [2.75, 3.05) is 24.5 Å². The van der Waals surface area contributed by atoms with Gasteiger partial charge in [0.15, 0.2) is 0 Å². The van der Waals surface area contributed by atoms with Crippen LogP contribution in [-0.2, 0) is 11.3 Å². The second-order valence-corrected chi connectivity index (χ2v) is 5.60. The highest BCUT2D eigenvalue weighted by Gasteiger charge is 2.25. The van der Waals surface area contributed by atoms with Crippen LogP contribution in [-0.4, -0.2) is 25.5 Å². The lowest BCUT2D eigenvalue weighted by Gasteiger charge is -2.34. The quantitative estimate of drug-likeness (QED) is 0.789. The van der Waals surface area contributed by atoms with Crippen molar-refractivity contribution in [1.29, 1.82) is 0 Å². The number of carbonyl (C=O) groups is 1. The highest BCUT2D eigenvalue weighted by molar-refractivity contribution is 5.77. The molecule has 1 aliphatic heterocycles. The molecule has 4 nitrogen and oxygen atoms in total. The molecule has 0 saturated carbocycles. The zero-order valence-electron chi connectivity index (χ0n) is 12.6. The fraction of sp³-hybridized carbons (Fsp3) is 0.562. The molecule has 1 aromatic rings. The zero-order chi connectivity index (χ0) is 15.2. The van der Waals surface area contributed by atoms with E-state index in [0.717, 1.165) is 38.0 Å².